The van der Waals surface area contributed by atoms with Crippen LogP contribution in [-0.4, -0.2) is 56.5 Å². The molecule has 1 unspecified atom stereocenters. The lowest BCUT2D eigenvalue weighted by Crippen LogP contribution is -2.34. The summed E-state index contributed by atoms with van der Waals surface area (Å²) in [6, 6.07) is 5.82. The summed E-state index contributed by atoms with van der Waals surface area (Å²) < 4.78 is 7.04. The summed E-state index contributed by atoms with van der Waals surface area (Å²) in [6.07, 6.45) is 2.17. The summed E-state index contributed by atoms with van der Waals surface area (Å²) in [5.41, 5.74) is 1.85. The van der Waals surface area contributed by atoms with Crippen LogP contribution in [0.4, 0.5) is 0 Å². The van der Waals surface area contributed by atoms with E-state index >= 15 is 0 Å². The summed E-state index contributed by atoms with van der Waals surface area (Å²) in [5, 5.41) is 12.3. The van der Waals surface area contributed by atoms with Gasteiger partial charge in [-0.25, -0.2) is 0 Å². The van der Waals surface area contributed by atoms with Gasteiger partial charge in [-0.1, -0.05) is 17.8 Å². The van der Waals surface area contributed by atoms with Crippen LogP contribution in [0.5, 0.6) is 5.75 Å². The Morgan fingerprint density at radius 1 is 1.33 bits per heavy atom. The first-order valence-corrected chi connectivity index (χ1v) is 8.87. The molecule has 2 aromatic rings. The Balaban J connectivity index is 1.83. The Hall–Kier alpha value is -2.09. The number of hydrogen-bond acceptors (Lipinski definition) is 6. The molecule has 2 heterocycles. The Morgan fingerprint density at radius 2 is 2.08 bits per heavy atom. The molecule has 1 atom stereocenters. The van der Waals surface area contributed by atoms with Crippen molar-refractivity contribution >= 4 is 17.7 Å². The number of aromatic nitrogens is 4. The van der Waals surface area contributed by atoms with Crippen molar-refractivity contribution in [1.82, 2.24) is 25.1 Å². The van der Waals surface area contributed by atoms with Gasteiger partial charge in [0.1, 0.15) is 11.4 Å². The quantitative estimate of drug-likeness (QED) is 0.771. The van der Waals surface area contributed by atoms with Crippen molar-refractivity contribution in [2.24, 2.45) is 0 Å². The minimum atomic E-state index is -0.233. The zero-order valence-electron chi connectivity index (χ0n) is 14.1. The maximum atomic E-state index is 12.5. The number of benzene rings is 1. The van der Waals surface area contributed by atoms with Gasteiger partial charge in [-0.05, 0) is 54.8 Å². The molecule has 3 rings (SSSR count). The predicted octanol–water partition coefficient (Wildman–Crippen LogP) is 2.08. The van der Waals surface area contributed by atoms with E-state index in [2.05, 4.69) is 15.5 Å². The molecule has 24 heavy (non-hydrogen) atoms. The van der Waals surface area contributed by atoms with Gasteiger partial charge in [-0.3, -0.25) is 4.79 Å². The molecular weight excluding hydrogens is 326 g/mol. The third kappa shape index (κ3) is 3.38. The Labute approximate surface area is 145 Å². The van der Waals surface area contributed by atoms with E-state index in [1.54, 1.807) is 11.8 Å². The number of likely N-dealkylation sites (tertiary alicyclic amines) is 1. The summed E-state index contributed by atoms with van der Waals surface area (Å²) in [5.74, 6) is 0.830. The number of ether oxygens (including phenoxy) is 1. The molecule has 1 amide bonds. The molecule has 0 bridgehead atoms. The van der Waals surface area contributed by atoms with Crippen LogP contribution in [0, 0.1) is 6.92 Å². The van der Waals surface area contributed by atoms with Crippen molar-refractivity contribution in [3.05, 3.63) is 23.8 Å². The fourth-order valence-corrected chi connectivity index (χ4v) is 3.66. The maximum absolute atomic E-state index is 12.5. The van der Waals surface area contributed by atoms with Crippen molar-refractivity contribution in [2.45, 2.75) is 37.1 Å². The fraction of sp³-hybridized carbons (Fsp3) is 0.500. The third-order valence-corrected chi connectivity index (χ3v) is 5.07. The lowest BCUT2D eigenvalue weighted by atomic mass is 10.2. The second-order valence-electron chi connectivity index (χ2n) is 5.84. The van der Waals surface area contributed by atoms with Crippen molar-refractivity contribution < 1.29 is 9.53 Å². The van der Waals surface area contributed by atoms with Crippen molar-refractivity contribution in [3.63, 3.8) is 0 Å². The SMILES string of the molecule is COc1ccc(C)cc1-n1nnnc1SC(C)C(=O)N1CCCC1. The highest BCUT2D eigenvalue weighted by Gasteiger charge is 2.26. The van der Waals surface area contributed by atoms with E-state index in [1.807, 2.05) is 36.9 Å². The Kier molecular flexibility index (Phi) is 5.03. The summed E-state index contributed by atoms with van der Waals surface area (Å²) in [7, 11) is 1.62. The number of rotatable bonds is 5. The van der Waals surface area contributed by atoms with Crippen molar-refractivity contribution in [3.8, 4) is 11.4 Å². The van der Waals surface area contributed by atoms with Crippen LogP contribution in [0.1, 0.15) is 25.3 Å². The first kappa shape index (κ1) is 16.8. The number of amides is 1. The van der Waals surface area contributed by atoms with Crippen molar-refractivity contribution in [1.29, 1.82) is 0 Å². The highest BCUT2D eigenvalue weighted by molar-refractivity contribution is 8.00. The van der Waals surface area contributed by atoms with E-state index in [-0.39, 0.29) is 11.2 Å². The number of hydrogen-bond donors (Lipinski definition) is 0. The van der Waals surface area contributed by atoms with Crippen LogP contribution >= 0.6 is 11.8 Å². The molecule has 0 N–H and O–H groups in total. The predicted molar refractivity (Wildman–Crippen MR) is 91.6 cm³/mol. The summed E-state index contributed by atoms with van der Waals surface area (Å²) in [6.45, 7) is 5.60. The van der Waals surface area contributed by atoms with E-state index in [0.29, 0.717) is 10.9 Å². The van der Waals surface area contributed by atoms with Gasteiger partial charge in [-0.2, -0.15) is 4.68 Å². The average molecular weight is 347 g/mol. The van der Waals surface area contributed by atoms with Gasteiger partial charge in [0.25, 0.3) is 0 Å². The first-order chi connectivity index (χ1) is 11.6. The lowest BCUT2D eigenvalue weighted by Gasteiger charge is -2.19. The molecule has 0 radical (unpaired) electrons. The van der Waals surface area contributed by atoms with Crippen LogP contribution in [0.2, 0.25) is 0 Å². The maximum Gasteiger partial charge on any atom is 0.235 e. The minimum absolute atomic E-state index is 0.142. The van der Waals surface area contributed by atoms with Crippen LogP contribution in [-0.2, 0) is 4.79 Å². The minimum Gasteiger partial charge on any atom is -0.494 e. The number of carbonyl (C=O) groups is 1. The third-order valence-electron chi connectivity index (χ3n) is 4.05. The molecule has 128 valence electrons. The summed E-state index contributed by atoms with van der Waals surface area (Å²) >= 11 is 1.37. The molecule has 1 aliphatic rings. The van der Waals surface area contributed by atoms with E-state index in [1.165, 1.54) is 11.8 Å². The van der Waals surface area contributed by atoms with Crippen molar-refractivity contribution in [2.75, 3.05) is 20.2 Å². The van der Waals surface area contributed by atoms with Gasteiger partial charge in [0.15, 0.2) is 0 Å². The van der Waals surface area contributed by atoms with Gasteiger partial charge in [0.2, 0.25) is 11.1 Å². The second kappa shape index (κ2) is 7.21. The van der Waals surface area contributed by atoms with Crippen LogP contribution < -0.4 is 4.74 Å². The highest BCUT2D eigenvalue weighted by atomic mass is 32.2. The number of carbonyl (C=O) groups excluding carboxylic acids is 1. The topological polar surface area (TPSA) is 73.1 Å². The standard InChI is InChI=1S/C16H21N5O2S/c1-11-6-7-14(23-3)13(10-11)21-16(17-18-19-21)24-12(2)15(22)20-8-4-5-9-20/h6-7,10,12H,4-5,8-9H2,1-3H3. The second-order valence-corrected chi connectivity index (χ2v) is 7.15. The smallest absolute Gasteiger partial charge is 0.235 e. The number of aryl methyl sites for hydroxylation is 1. The van der Waals surface area contributed by atoms with Gasteiger partial charge in [0.05, 0.1) is 12.4 Å². The Bertz CT molecular complexity index is 727. The molecule has 1 saturated heterocycles. The van der Waals surface area contributed by atoms with E-state index in [9.17, 15) is 4.79 Å². The molecule has 1 fully saturated rings. The monoisotopic (exact) mass is 347 g/mol. The fourth-order valence-electron chi connectivity index (χ4n) is 2.77. The summed E-state index contributed by atoms with van der Waals surface area (Å²) in [4.78, 5) is 14.4. The number of tetrazole rings is 1. The van der Waals surface area contributed by atoms with Gasteiger partial charge in [0, 0.05) is 13.1 Å². The first-order valence-electron chi connectivity index (χ1n) is 7.99. The van der Waals surface area contributed by atoms with E-state index in [4.69, 9.17) is 4.74 Å². The zero-order chi connectivity index (χ0) is 17.1. The molecule has 0 aliphatic carbocycles. The van der Waals surface area contributed by atoms with Gasteiger partial charge >= 0.3 is 0 Å². The number of methoxy groups -OCH3 is 1. The largest absolute Gasteiger partial charge is 0.494 e. The molecule has 0 saturated carbocycles. The lowest BCUT2D eigenvalue weighted by molar-refractivity contribution is -0.129. The Morgan fingerprint density at radius 3 is 2.79 bits per heavy atom. The van der Waals surface area contributed by atoms with Crippen LogP contribution in [0.3, 0.4) is 0 Å². The molecular formula is C16H21N5O2S. The number of thioether (sulfide) groups is 1. The molecule has 7 nitrogen and oxygen atoms in total. The number of nitrogens with zero attached hydrogens (tertiary/aromatic N) is 5. The van der Waals surface area contributed by atoms with Crippen LogP contribution in [0.25, 0.3) is 5.69 Å². The molecule has 0 spiro atoms. The van der Waals surface area contributed by atoms with E-state index < -0.39 is 0 Å². The van der Waals surface area contributed by atoms with Crippen LogP contribution in [0.15, 0.2) is 23.4 Å². The molecule has 8 heteroatoms. The molecule has 1 aromatic carbocycles. The molecule has 1 aliphatic heterocycles. The van der Waals surface area contributed by atoms with E-state index in [0.717, 1.165) is 37.2 Å². The van der Waals surface area contributed by atoms with Gasteiger partial charge in [-0.15, -0.1) is 5.10 Å². The zero-order valence-corrected chi connectivity index (χ0v) is 14.9. The molecule has 1 aromatic heterocycles. The average Bonchev–Trinajstić information content (AvgIpc) is 3.25. The highest BCUT2D eigenvalue weighted by Crippen LogP contribution is 2.29. The van der Waals surface area contributed by atoms with Gasteiger partial charge < -0.3 is 9.64 Å². The normalized spacial score (nSPS) is 15.5.